The predicted molar refractivity (Wildman–Crippen MR) is 103 cm³/mol. The van der Waals surface area contributed by atoms with E-state index in [0.29, 0.717) is 11.4 Å². The number of para-hydroxylation sites is 2. The summed E-state index contributed by atoms with van der Waals surface area (Å²) in [5.74, 6) is -1.18. The zero-order valence-corrected chi connectivity index (χ0v) is 15.6. The Morgan fingerprint density at radius 3 is 2.63 bits per heavy atom. The van der Waals surface area contributed by atoms with Gasteiger partial charge in [0.05, 0.1) is 17.8 Å². The summed E-state index contributed by atoms with van der Waals surface area (Å²) in [6, 6.07) is 12.8. The van der Waals surface area contributed by atoms with Gasteiger partial charge in [0.25, 0.3) is 5.91 Å². The topological polar surface area (TPSA) is 75.7 Å². The molecule has 0 fully saturated rings. The molecule has 2 aromatic carbocycles. The molecule has 27 heavy (non-hydrogen) atoms. The summed E-state index contributed by atoms with van der Waals surface area (Å²) in [6.45, 7) is 5.41. The van der Waals surface area contributed by atoms with Gasteiger partial charge in [0, 0.05) is 0 Å². The Bertz CT molecular complexity index is 907. The summed E-state index contributed by atoms with van der Waals surface area (Å²) < 4.78 is 5.33. The van der Waals surface area contributed by atoms with Gasteiger partial charge in [-0.15, -0.1) is 0 Å². The quantitative estimate of drug-likeness (QED) is 0.845. The van der Waals surface area contributed by atoms with Crippen molar-refractivity contribution in [1.82, 2.24) is 0 Å². The number of nitrogens with zero attached hydrogens (tertiary/aromatic N) is 1. The van der Waals surface area contributed by atoms with E-state index in [1.165, 1.54) is 11.8 Å². The molecule has 2 aromatic rings. The average molecular weight is 366 g/mol. The van der Waals surface area contributed by atoms with Crippen molar-refractivity contribution in [1.29, 1.82) is 0 Å². The van der Waals surface area contributed by atoms with Gasteiger partial charge >= 0.3 is 5.97 Å². The third-order valence-electron chi connectivity index (χ3n) is 4.61. The molecule has 0 aromatic heterocycles. The van der Waals surface area contributed by atoms with Crippen LogP contribution in [0.2, 0.25) is 0 Å². The Kier molecular flexibility index (Phi) is 5.26. The Balaban J connectivity index is 1.68. The molecule has 3 rings (SSSR count). The highest BCUT2D eigenvalue weighted by atomic mass is 16.5. The molecule has 2 amide bonds. The summed E-state index contributed by atoms with van der Waals surface area (Å²) in [7, 11) is 0. The van der Waals surface area contributed by atoms with E-state index in [9.17, 15) is 14.4 Å². The molecule has 140 valence electrons. The molecule has 0 unspecified atom stereocenters. The van der Waals surface area contributed by atoms with Crippen LogP contribution in [0.5, 0.6) is 0 Å². The molecule has 0 aliphatic carbocycles. The zero-order chi connectivity index (χ0) is 19.6. The summed E-state index contributed by atoms with van der Waals surface area (Å²) >= 11 is 0. The van der Waals surface area contributed by atoms with E-state index >= 15 is 0 Å². The lowest BCUT2D eigenvalue weighted by atomic mass is 10.0. The third-order valence-corrected chi connectivity index (χ3v) is 4.61. The average Bonchev–Trinajstić information content (AvgIpc) is 2.63. The first-order valence-corrected chi connectivity index (χ1v) is 8.81. The fraction of sp³-hybridized carbons (Fsp3) is 0.286. The summed E-state index contributed by atoms with van der Waals surface area (Å²) in [5, 5.41) is 2.73. The molecule has 6 nitrogen and oxygen atoms in total. The SMILES string of the molecule is Cc1ccc(CC(=O)O[C@@H](C)C(=O)N2CC(=O)Nc3ccccc32)cc1C. The van der Waals surface area contributed by atoms with Gasteiger partial charge in [-0.2, -0.15) is 0 Å². The smallest absolute Gasteiger partial charge is 0.311 e. The van der Waals surface area contributed by atoms with Gasteiger partial charge in [-0.1, -0.05) is 30.3 Å². The van der Waals surface area contributed by atoms with Gasteiger partial charge in [0.1, 0.15) is 6.54 Å². The van der Waals surface area contributed by atoms with E-state index in [1.807, 2.05) is 32.0 Å². The number of ether oxygens (including phenoxy) is 1. The van der Waals surface area contributed by atoms with E-state index in [4.69, 9.17) is 4.74 Å². The van der Waals surface area contributed by atoms with Gasteiger partial charge in [-0.3, -0.25) is 19.3 Å². The molecule has 1 atom stereocenters. The second kappa shape index (κ2) is 7.61. The standard InChI is InChI=1S/C21H22N2O4/c1-13-8-9-16(10-14(13)2)11-20(25)27-15(3)21(26)23-12-19(24)22-17-6-4-5-7-18(17)23/h4-10,15H,11-12H2,1-3H3,(H,22,24)/t15-/m0/s1. The number of esters is 1. The molecule has 1 N–H and O–H groups in total. The number of nitrogens with one attached hydrogen (secondary N) is 1. The lowest BCUT2D eigenvalue weighted by Crippen LogP contribution is -2.47. The van der Waals surface area contributed by atoms with Crippen LogP contribution in [0.4, 0.5) is 11.4 Å². The van der Waals surface area contributed by atoms with Crippen molar-refractivity contribution in [3.05, 3.63) is 59.2 Å². The number of fused-ring (bicyclic) bond motifs is 1. The predicted octanol–water partition coefficient (Wildman–Crippen LogP) is 2.76. The van der Waals surface area contributed by atoms with Crippen LogP contribution in [0.1, 0.15) is 23.6 Å². The number of aryl methyl sites for hydroxylation is 2. The zero-order valence-electron chi connectivity index (χ0n) is 15.6. The maximum atomic E-state index is 12.8. The van der Waals surface area contributed by atoms with Gasteiger partial charge < -0.3 is 10.1 Å². The van der Waals surface area contributed by atoms with Crippen molar-refractivity contribution >= 4 is 29.2 Å². The number of amides is 2. The molecule has 1 aliphatic heterocycles. The molecule has 1 aliphatic rings. The number of hydrogen-bond acceptors (Lipinski definition) is 4. The molecular weight excluding hydrogens is 344 g/mol. The van der Waals surface area contributed by atoms with Crippen molar-refractivity contribution in [2.75, 3.05) is 16.8 Å². The van der Waals surface area contributed by atoms with Crippen molar-refractivity contribution in [2.45, 2.75) is 33.3 Å². The molecule has 0 saturated heterocycles. The van der Waals surface area contributed by atoms with E-state index in [-0.39, 0.29) is 18.9 Å². The van der Waals surface area contributed by atoms with E-state index in [1.54, 1.807) is 24.3 Å². The van der Waals surface area contributed by atoms with Gasteiger partial charge in [-0.25, -0.2) is 0 Å². The first-order valence-electron chi connectivity index (χ1n) is 8.81. The lowest BCUT2D eigenvalue weighted by molar-refractivity contribution is -0.153. The first kappa shape index (κ1) is 18.6. The number of anilines is 2. The van der Waals surface area contributed by atoms with Crippen LogP contribution in [-0.2, 0) is 25.5 Å². The molecule has 1 heterocycles. The second-order valence-corrected chi connectivity index (χ2v) is 6.72. The lowest BCUT2D eigenvalue weighted by Gasteiger charge is -2.30. The fourth-order valence-electron chi connectivity index (χ4n) is 3.02. The maximum absolute atomic E-state index is 12.8. The van der Waals surface area contributed by atoms with Crippen molar-refractivity contribution < 1.29 is 19.1 Å². The Morgan fingerprint density at radius 1 is 1.15 bits per heavy atom. The third kappa shape index (κ3) is 4.16. The fourth-order valence-corrected chi connectivity index (χ4v) is 3.02. The Labute approximate surface area is 158 Å². The number of hydrogen-bond donors (Lipinski definition) is 1. The molecule has 0 spiro atoms. The highest BCUT2D eigenvalue weighted by Gasteiger charge is 2.31. The number of carbonyl (C=O) groups is 3. The van der Waals surface area contributed by atoms with Gasteiger partial charge in [0.15, 0.2) is 6.10 Å². The van der Waals surface area contributed by atoms with E-state index in [2.05, 4.69) is 5.32 Å². The highest BCUT2D eigenvalue weighted by Crippen LogP contribution is 2.29. The van der Waals surface area contributed by atoms with Crippen LogP contribution in [-0.4, -0.2) is 30.4 Å². The van der Waals surface area contributed by atoms with Gasteiger partial charge in [-0.05, 0) is 49.6 Å². The maximum Gasteiger partial charge on any atom is 0.311 e. The molecular formula is C21H22N2O4. The Morgan fingerprint density at radius 2 is 1.89 bits per heavy atom. The van der Waals surface area contributed by atoms with E-state index < -0.39 is 18.0 Å². The van der Waals surface area contributed by atoms with Gasteiger partial charge in [0.2, 0.25) is 5.91 Å². The number of rotatable bonds is 4. The summed E-state index contributed by atoms with van der Waals surface area (Å²) in [4.78, 5) is 38.2. The summed E-state index contributed by atoms with van der Waals surface area (Å²) in [5.41, 5.74) is 4.25. The minimum absolute atomic E-state index is 0.0931. The van der Waals surface area contributed by atoms with E-state index in [0.717, 1.165) is 16.7 Å². The number of benzene rings is 2. The summed E-state index contributed by atoms with van der Waals surface area (Å²) in [6.07, 6.45) is -0.890. The Hall–Kier alpha value is -3.15. The largest absolute Gasteiger partial charge is 0.452 e. The first-order chi connectivity index (χ1) is 12.8. The van der Waals surface area contributed by atoms with Crippen molar-refractivity contribution in [2.24, 2.45) is 0 Å². The van der Waals surface area contributed by atoms with Crippen molar-refractivity contribution in [3.63, 3.8) is 0 Å². The molecule has 0 radical (unpaired) electrons. The van der Waals surface area contributed by atoms with Crippen LogP contribution in [0.25, 0.3) is 0 Å². The number of carbonyl (C=O) groups excluding carboxylic acids is 3. The minimum Gasteiger partial charge on any atom is -0.452 e. The van der Waals surface area contributed by atoms with Crippen LogP contribution >= 0.6 is 0 Å². The normalized spacial score (nSPS) is 14.2. The van der Waals surface area contributed by atoms with Crippen LogP contribution in [0.3, 0.4) is 0 Å². The molecule has 6 heteroatoms. The van der Waals surface area contributed by atoms with Crippen molar-refractivity contribution in [3.8, 4) is 0 Å². The molecule has 0 bridgehead atoms. The monoisotopic (exact) mass is 366 g/mol. The second-order valence-electron chi connectivity index (χ2n) is 6.72. The van der Waals surface area contributed by atoms with Crippen LogP contribution in [0, 0.1) is 13.8 Å². The minimum atomic E-state index is -0.983. The van der Waals surface area contributed by atoms with Crippen LogP contribution in [0.15, 0.2) is 42.5 Å². The molecule has 0 saturated carbocycles. The van der Waals surface area contributed by atoms with Crippen LogP contribution < -0.4 is 10.2 Å². The highest BCUT2D eigenvalue weighted by molar-refractivity contribution is 6.11.